The average Bonchev–Trinajstić information content (AvgIpc) is 3.98. The molecule has 0 aromatic carbocycles. The number of nitrogens with one attached hydrogen (secondary N) is 1. The molecule has 0 aromatic heterocycles. The fourth-order valence-electron chi connectivity index (χ4n) is 11.4. The Hall–Kier alpha value is -0.240. The lowest BCUT2D eigenvalue weighted by Crippen LogP contribution is -2.53. The largest absolute Gasteiger partial charge is 0.446 e. The molecule has 9 heteroatoms. The minimum Gasteiger partial charge on any atom is -0.446 e. The fourth-order valence-corrected chi connectivity index (χ4v) is 11.4. The second-order valence-corrected chi connectivity index (χ2v) is 19.3. The number of amides is 1. The van der Waals surface area contributed by atoms with Crippen LogP contribution >= 0.6 is 37.2 Å². The molecule has 6 aliphatic rings. The van der Waals surface area contributed by atoms with Crippen molar-refractivity contribution >= 4 is 43.3 Å². The topological polar surface area (TPSA) is 93.6 Å². The minimum absolute atomic E-state index is 0. The smallest absolute Gasteiger partial charge is 0.410 e. The summed E-state index contributed by atoms with van der Waals surface area (Å²) in [5.41, 5.74) is 15.1. The highest BCUT2D eigenvalue weighted by molar-refractivity contribution is 5.86. The summed E-state index contributed by atoms with van der Waals surface area (Å²) in [5.74, 6) is 4.68. The summed E-state index contributed by atoms with van der Waals surface area (Å²) in [4.78, 5) is 15.9. The highest BCUT2D eigenvalue weighted by atomic mass is 35.5. The second-order valence-electron chi connectivity index (χ2n) is 19.3. The molecule has 5 saturated carbocycles. The molecule has 298 valence electrons. The van der Waals surface area contributed by atoms with Crippen molar-refractivity contribution in [2.75, 3.05) is 39.3 Å². The van der Waals surface area contributed by atoms with E-state index in [0.29, 0.717) is 23.3 Å². The van der Waals surface area contributed by atoms with Gasteiger partial charge in [0.25, 0.3) is 0 Å². The van der Waals surface area contributed by atoms with Crippen molar-refractivity contribution in [3.8, 4) is 0 Å². The minimum atomic E-state index is -0.0939. The summed E-state index contributed by atoms with van der Waals surface area (Å²) in [7, 11) is 0. The quantitative estimate of drug-likeness (QED) is 0.101. The Morgan fingerprint density at radius 3 is 2.24 bits per heavy atom. The Morgan fingerprint density at radius 1 is 0.882 bits per heavy atom. The normalized spacial score (nSPS) is 34.3. The van der Waals surface area contributed by atoms with Gasteiger partial charge in [-0.15, -0.1) is 37.2 Å². The molecule has 5 fully saturated rings. The van der Waals surface area contributed by atoms with Gasteiger partial charge in [0.05, 0.1) is 0 Å². The van der Waals surface area contributed by atoms with Crippen LogP contribution in [-0.2, 0) is 4.74 Å². The molecule has 0 aromatic rings. The molecule has 7 unspecified atom stereocenters. The van der Waals surface area contributed by atoms with Gasteiger partial charge in [-0.2, -0.15) is 0 Å². The van der Waals surface area contributed by atoms with Gasteiger partial charge in [0.1, 0.15) is 6.10 Å². The van der Waals surface area contributed by atoms with Crippen molar-refractivity contribution in [3.05, 3.63) is 11.6 Å². The van der Waals surface area contributed by atoms with Gasteiger partial charge in [0.15, 0.2) is 0 Å². The zero-order valence-electron chi connectivity index (χ0n) is 33.0. The van der Waals surface area contributed by atoms with Crippen LogP contribution in [-0.4, -0.2) is 56.4 Å². The molecule has 1 amide bonds. The maximum Gasteiger partial charge on any atom is 0.410 e. The number of nitrogens with zero attached hydrogens (tertiary/aromatic N) is 1. The maximum atomic E-state index is 13.9. The number of carbonyl (C=O) groups excluding carboxylic acids is 1. The monoisotopic (exact) mass is 775 g/mol. The van der Waals surface area contributed by atoms with Crippen LogP contribution < -0.4 is 16.8 Å². The van der Waals surface area contributed by atoms with Crippen LogP contribution in [0.3, 0.4) is 0 Å². The number of allylic oxidation sites excluding steroid dienone is 1. The Balaban J connectivity index is 0.00000234. The molecule has 0 bridgehead atoms. The van der Waals surface area contributed by atoms with Gasteiger partial charge in [-0.05, 0) is 148 Å². The molecule has 0 spiro atoms. The van der Waals surface area contributed by atoms with E-state index in [1.54, 1.807) is 5.57 Å². The van der Waals surface area contributed by atoms with E-state index in [4.69, 9.17) is 16.2 Å². The van der Waals surface area contributed by atoms with E-state index in [9.17, 15) is 4.79 Å². The van der Waals surface area contributed by atoms with E-state index in [1.807, 2.05) is 4.90 Å². The number of unbranched alkanes of at least 4 members (excludes halogenated alkanes) is 1. The molecule has 51 heavy (non-hydrogen) atoms. The lowest BCUT2D eigenvalue weighted by Gasteiger charge is -2.60. The lowest BCUT2D eigenvalue weighted by molar-refractivity contribution is -0.0692. The van der Waals surface area contributed by atoms with Gasteiger partial charge in [0.2, 0.25) is 0 Å². The molecule has 6 aliphatic carbocycles. The molecule has 8 atom stereocenters. The summed E-state index contributed by atoms with van der Waals surface area (Å²) >= 11 is 0. The Morgan fingerprint density at radius 2 is 1.59 bits per heavy atom. The number of carbonyl (C=O) groups is 1. The molecule has 5 N–H and O–H groups in total. The van der Waals surface area contributed by atoms with Crippen molar-refractivity contribution in [1.29, 1.82) is 0 Å². The van der Waals surface area contributed by atoms with Crippen molar-refractivity contribution < 1.29 is 9.53 Å². The first kappa shape index (κ1) is 45.2. The summed E-state index contributed by atoms with van der Waals surface area (Å²) in [6, 6.07) is 0. The Bertz CT molecular complexity index is 1150. The van der Waals surface area contributed by atoms with Gasteiger partial charge in [-0.3, -0.25) is 0 Å². The zero-order chi connectivity index (χ0) is 34.2. The standard InChI is InChI=1S/C42H74N4O2.3ClH/c1-30(2)10-8-11-31(3)34-25-32-24-33(13-17-40(32,5)36-14-16-39(4)15-9-12-35(39)37(34)36)48-38(47)46(29-42(27-44)20-21-42)23-7-6-22-45-28-41(26-43)18-19-41;;;/h25,30-31,33-37,45H,6-24,26-29,43-44H2,1-5H3;3*1H/t31-,33?,34?,35?,36?,37?,39?,40?;;;/m1.../s1. The van der Waals surface area contributed by atoms with E-state index in [-0.39, 0.29) is 60.2 Å². The Labute approximate surface area is 331 Å². The number of ether oxygens (including phenoxy) is 1. The van der Waals surface area contributed by atoms with E-state index in [1.165, 1.54) is 70.6 Å². The summed E-state index contributed by atoms with van der Waals surface area (Å²) < 4.78 is 6.50. The first-order valence-corrected chi connectivity index (χ1v) is 20.7. The third-order valence-electron chi connectivity index (χ3n) is 15.4. The van der Waals surface area contributed by atoms with E-state index in [0.717, 1.165) is 101 Å². The van der Waals surface area contributed by atoms with Gasteiger partial charge in [-0.1, -0.05) is 72.0 Å². The second kappa shape index (κ2) is 18.6. The van der Waals surface area contributed by atoms with E-state index < -0.39 is 0 Å². The third kappa shape index (κ3) is 10.1. The SMILES string of the molecule is CC(C)CCC[C@@H](C)C1C=C2CC(OC(=O)N(CCCCNCC3(CN)CC3)CC3(CN)CC3)CCC2(C)C2CCC3(C)CCCC3C12.Cl.Cl.Cl. The number of rotatable bonds is 17. The number of nitrogens with two attached hydrogens (primary N) is 2. The molecule has 6 rings (SSSR count). The molecule has 0 saturated heterocycles. The third-order valence-corrected chi connectivity index (χ3v) is 15.4. The van der Waals surface area contributed by atoms with E-state index in [2.05, 4.69) is 46.0 Å². The highest BCUT2D eigenvalue weighted by Crippen LogP contribution is 2.67. The molecule has 0 aliphatic heterocycles. The van der Waals surface area contributed by atoms with Crippen LogP contribution in [0.1, 0.15) is 144 Å². The Kier molecular flexibility index (Phi) is 16.5. The van der Waals surface area contributed by atoms with Crippen LogP contribution in [0.25, 0.3) is 0 Å². The van der Waals surface area contributed by atoms with Gasteiger partial charge in [0, 0.05) is 31.5 Å². The lowest BCUT2D eigenvalue weighted by atomic mass is 9.45. The highest BCUT2D eigenvalue weighted by Gasteiger charge is 2.59. The predicted molar refractivity (Wildman–Crippen MR) is 220 cm³/mol. The molecular weight excluding hydrogens is 699 g/mol. The van der Waals surface area contributed by atoms with Crippen LogP contribution in [0.2, 0.25) is 0 Å². The van der Waals surface area contributed by atoms with Gasteiger partial charge < -0.3 is 26.4 Å². The fraction of sp³-hybridized carbons (Fsp3) is 0.929. The summed E-state index contributed by atoms with van der Waals surface area (Å²) in [6.07, 6.45) is 23.8. The number of halogens is 3. The van der Waals surface area contributed by atoms with Crippen LogP contribution in [0, 0.1) is 57.2 Å². The zero-order valence-corrected chi connectivity index (χ0v) is 35.5. The van der Waals surface area contributed by atoms with Gasteiger partial charge in [-0.25, -0.2) is 4.79 Å². The maximum absolute atomic E-state index is 13.9. The molecule has 0 heterocycles. The van der Waals surface area contributed by atoms with Crippen LogP contribution in [0.15, 0.2) is 11.6 Å². The predicted octanol–water partition coefficient (Wildman–Crippen LogP) is 9.95. The number of fused-ring (bicyclic) bond motifs is 5. The van der Waals surface area contributed by atoms with E-state index >= 15 is 0 Å². The van der Waals surface area contributed by atoms with Crippen molar-refractivity contribution in [2.45, 2.75) is 150 Å². The summed E-state index contributed by atoms with van der Waals surface area (Å²) in [6.45, 7) is 17.5. The molecular formula is C42H77Cl3N4O2. The first-order valence-electron chi connectivity index (χ1n) is 20.7. The van der Waals surface area contributed by atoms with Crippen molar-refractivity contribution in [2.24, 2.45) is 68.6 Å². The van der Waals surface area contributed by atoms with Crippen LogP contribution in [0.5, 0.6) is 0 Å². The van der Waals surface area contributed by atoms with Crippen LogP contribution in [0.4, 0.5) is 4.79 Å². The molecule has 0 radical (unpaired) electrons. The average molecular weight is 776 g/mol. The number of hydrogen-bond acceptors (Lipinski definition) is 5. The molecule has 6 nitrogen and oxygen atoms in total. The summed E-state index contributed by atoms with van der Waals surface area (Å²) in [5, 5.41) is 3.63. The van der Waals surface area contributed by atoms with Gasteiger partial charge >= 0.3 is 6.09 Å². The van der Waals surface area contributed by atoms with Crippen molar-refractivity contribution in [1.82, 2.24) is 10.2 Å². The first-order chi connectivity index (χ1) is 23.0. The van der Waals surface area contributed by atoms with Crippen molar-refractivity contribution in [3.63, 3.8) is 0 Å². The number of hydrogen-bond donors (Lipinski definition) is 3.